The van der Waals surface area contributed by atoms with Crippen LogP contribution in [0.5, 0.6) is 0 Å². The first-order valence-corrected chi connectivity index (χ1v) is 7.97. The Morgan fingerprint density at radius 2 is 1.95 bits per heavy atom. The first-order valence-electron chi connectivity index (χ1n) is 6.08. The van der Waals surface area contributed by atoms with E-state index in [9.17, 15) is 22.3 Å². The van der Waals surface area contributed by atoms with E-state index in [1.165, 1.54) is 6.07 Å². The van der Waals surface area contributed by atoms with Crippen LogP contribution in [0.15, 0.2) is 18.2 Å². The van der Waals surface area contributed by atoms with Gasteiger partial charge >= 0.3 is 0 Å². The summed E-state index contributed by atoms with van der Waals surface area (Å²) in [6.45, 7) is 3.20. The van der Waals surface area contributed by atoms with Gasteiger partial charge in [0.05, 0.1) is 10.9 Å². The molecule has 0 radical (unpaired) electrons. The molecule has 1 aromatic carbocycles. The maximum absolute atomic E-state index is 13.4. The van der Waals surface area contributed by atoms with E-state index in [0.717, 1.165) is 12.3 Å². The van der Waals surface area contributed by atoms with Crippen LogP contribution in [0.1, 0.15) is 25.5 Å². The van der Waals surface area contributed by atoms with E-state index < -0.39 is 32.3 Å². The summed E-state index contributed by atoms with van der Waals surface area (Å²) in [4.78, 5) is 0. The summed E-state index contributed by atoms with van der Waals surface area (Å²) in [5.74, 6) is -1.55. The fourth-order valence-corrected chi connectivity index (χ4v) is 1.89. The lowest BCUT2D eigenvalue weighted by atomic mass is 10.1. The molecule has 0 spiro atoms. The molecule has 0 bridgehead atoms. The molecule has 0 amide bonds. The van der Waals surface area contributed by atoms with Gasteiger partial charge in [-0.05, 0) is 19.9 Å². The predicted octanol–water partition coefficient (Wildman–Crippen LogP) is 1.41. The zero-order chi connectivity index (χ0) is 15.6. The third-order valence-corrected chi connectivity index (χ3v) is 5.37. The lowest BCUT2D eigenvalue weighted by molar-refractivity contribution is 0.169. The summed E-state index contributed by atoms with van der Waals surface area (Å²) in [6.07, 6.45) is -0.0453. The van der Waals surface area contributed by atoms with E-state index in [1.54, 1.807) is 13.8 Å². The number of sulfone groups is 1. The molecule has 0 aliphatic carbocycles. The van der Waals surface area contributed by atoms with Crippen molar-refractivity contribution in [2.24, 2.45) is 0 Å². The van der Waals surface area contributed by atoms with Crippen LogP contribution < -0.4 is 5.32 Å². The van der Waals surface area contributed by atoms with Gasteiger partial charge in [0.2, 0.25) is 0 Å². The van der Waals surface area contributed by atoms with Crippen LogP contribution in [-0.2, 0) is 9.84 Å². The molecule has 7 heteroatoms. The van der Waals surface area contributed by atoms with Crippen molar-refractivity contribution in [1.82, 2.24) is 5.32 Å². The Kier molecular flexibility index (Phi) is 5.23. The van der Waals surface area contributed by atoms with Gasteiger partial charge in [0.25, 0.3) is 0 Å². The minimum atomic E-state index is -3.25. The predicted molar refractivity (Wildman–Crippen MR) is 73.1 cm³/mol. The molecule has 0 heterocycles. The van der Waals surface area contributed by atoms with Crippen molar-refractivity contribution in [1.29, 1.82) is 0 Å². The van der Waals surface area contributed by atoms with Gasteiger partial charge in [-0.3, -0.25) is 0 Å². The van der Waals surface area contributed by atoms with Crippen molar-refractivity contribution < 1.29 is 22.3 Å². The minimum absolute atomic E-state index is 0.0263. The molecule has 0 aliphatic rings. The van der Waals surface area contributed by atoms with Gasteiger partial charge in [0.1, 0.15) is 11.6 Å². The number of aliphatic hydroxyl groups excluding tert-OH is 1. The zero-order valence-electron chi connectivity index (χ0n) is 11.7. The van der Waals surface area contributed by atoms with Gasteiger partial charge in [0.15, 0.2) is 9.84 Å². The fourth-order valence-electron chi connectivity index (χ4n) is 1.52. The Bertz CT molecular complexity index is 573. The van der Waals surface area contributed by atoms with E-state index in [-0.39, 0.29) is 18.7 Å². The smallest absolute Gasteiger partial charge is 0.153 e. The third-order valence-electron chi connectivity index (χ3n) is 3.21. The Hall–Kier alpha value is -1.05. The molecule has 0 fully saturated rings. The maximum atomic E-state index is 13.4. The van der Waals surface area contributed by atoms with Crippen LogP contribution in [0.4, 0.5) is 8.78 Å². The quantitative estimate of drug-likeness (QED) is 0.834. The second-order valence-corrected chi connectivity index (χ2v) is 7.99. The highest BCUT2D eigenvalue weighted by atomic mass is 32.2. The largest absolute Gasteiger partial charge is 0.387 e. The summed E-state index contributed by atoms with van der Waals surface area (Å²) in [5.41, 5.74) is -0.0314. The van der Waals surface area contributed by atoms with Crippen LogP contribution in [0.3, 0.4) is 0 Å². The molecule has 4 nitrogen and oxygen atoms in total. The molecule has 114 valence electrons. The monoisotopic (exact) mass is 307 g/mol. The lowest BCUT2D eigenvalue weighted by Crippen LogP contribution is -2.42. The van der Waals surface area contributed by atoms with Gasteiger partial charge in [-0.25, -0.2) is 17.2 Å². The van der Waals surface area contributed by atoms with E-state index in [1.807, 2.05) is 0 Å². The number of hydrogen-bond acceptors (Lipinski definition) is 4. The second-order valence-electron chi connectivity index (χ2n) is 5.34. The Morgan fingerprint density at radius 3 is 2.45 bits per heavy atom. The highest BCUT2D eigenvalue weighted by Gasteiger charge is 2.29. The van der Waals surface area contributed by atoms with Crippen molar-refractivity contribution in [2.75, 3.05) is 19.3 Å². The van der Waals surface area contributed by atoms with Crippen molar-refractivity contribution in [2.45, 2.75) is 24.7 Å². The summed E-state index contributed by atoms with van der Waals surface area (Å²) in [5, 5.41) is 12.6. The van der Waals surface area contributed by atoms with Gasteiger partial charge in [0, 0.05) is 31.0 Å². The van der Waals surface area contributed by atoms with Crippen LogP contribution >= 0.6 is 0 Å². The number of halogens is 2. The Labute approximate surface area is 117 Å². The van der Waals surface area contributed by atoms with Gasteiger partial charge in [-0.15, -0.1) is 0 Å². The molecule has 1 aromatic rings. The lowest BCUT2D eigenvalue weighted by Gasteiger charge is -2.24. The van der Waals surface area contributed by atoms with Crippen molar-refractivity contribution in [3.8, 4) is 0 Å². The summed E-state index contributed by atoms with van der Waals surface area (Å²) in [6, 6.07) is 2.92. The molecular formula is C13H19F2NO3S. The normalized spacial score (nSPS) is 14.3. The van der Waals surface area contributed by atoms with E-state index >= 15 is 0 Å². The minimum Gasteiger partial charge on any atom is -0.387 e. The average molecular weight is 307 g/mol. The van der Waals surface area contributed by atoms with E-state index in [4.69, 9.17) is 0 Å². The Balaban J connectivity index is 2.63. The Morgan fingerprint density at radius 1 is 1.35 bits per heavy atom. The highest BCUT2D eigenvalue weighted by molar-refractivity contribution is 7.92. The summed E-state index contributed by atoms with van der Waals surface area (Å²) in [7, 11) is -3.25. The topological polar surface area (TPSA) is 66.4 Å². The molecular weight excluding hydrogens is 288 g/mol. The third kappa shape index (κ3) is 4.22. The summed E-state index contributed by atoms with van der Waals surface area (Å²) >= 11 is 0. The number of benzene rings is 1. The molecule has 20 heavy (non-hydrogen) atoms. The van der Waals surface area contributed by atoms with Gasteiger partial charge in [-0.1, -0.05) is 6.07 Å². The highest BCUT2D eigenvalue weighted by Crippen LogP contribution is 2.18. The number of rotatable bonds is 6. The average Bonchev–Trinajstić information content (AvgIpc) is 2.26. The number of hydrogen-bond donors (Lipinski definition) is 2. The fraction of sp³-hybridized carbons (Fsp3) is 0.538. The van der Waals surface area contributed by atoms with E-state index in [0.29, 0.717) is 6.07 Å². The standard InChI is InChI=1S/C13H19F2NO3S/c1-13(2,20(3,18)19)8-16-7-12(17)10-5-4-9(14)6-11(10)15/h4-6,12,16-17H,7-8H2,1-3H3. The molecule has 1 unspecified atom stereocenters. The van der Waals surface area contributed by atoms with Crippen molar-refractivity contribution >= 4 is 9.84 Å². The van der Waals surface area contributed by atoms with Crippen molar-refractivity contribution in [3.63, 3.8) is 0 Å². The number of aliphatic hydroxyl groups is 1. The molecule has 1 atom stereocenters. The van der Waals surface area contributed by atoms with Crippen LogP contribution in [0, 0.1) is 11.6 Å². The van der Waals surface area contributed by atoms with Crippen LogP contribution in [0.2, 0.25) is 0 Å². The molecule has 0 saturated carbocycles. The molecule has 1 rings (SSSR count). The first kappa shape index (κ1) is 17.0. The first-order chi connectivity index (χ1) is 9.04. The van der Waals surface area contributed by atoms with E-state index in [2.05, 4.69) is 5.32 Å². The van der Waals surface area contributed by atoms with Crippen LogP contribution in [0.25, 0.3) is 0 Å². The summed E-state index contributed by atoms with van der Waals surface area (Å²) < 4.78 is 48.2. The number of nitrogens with one attached hydrogen (secondary N) is 1. The molecule has 2 N–H and O–H groups in total. The van der Waals surface area contributed by atoms with Crippen molar-refractivity contribution in [3.05, 3.63) is 35.4 Å². The van der Waals surface area contributed by atoms with Gasteiger partial charge in [-0.2, -0.15) is 0 Å². The zero-order valence-corrected chi connectivity index (χ0v) is 12.5. The maximum Gasteiger partial charge on any atom is 0.153 e. The SMILES string of the molecule is CC(C)(CNCC(O)c1ccc(F)cc1F)S(C)(=O)=O. The van der Waals surface area contributed by atoms with Gasteiger partial charge < -0.3 is 10.4 Å². The van der Waals surface area contributed by atoms with Crippen LogP contribution in [-0.4, -0.2) is 37.6 Å². The molecule has 0 saturated heterocycles. The second kappa shape index (κ2) is 6.15. The molecule has 0 aliphatic heterocycles. The molecule has 0 aromatic heterocycles.